The smallest absolute Gasteiger partial charge is 0.327 e. The number of esters is 1. The third kappa shape index (κ3) is 5.36. The number of halogens is 1. The van der Waals surface area contributed by atoms with Crippen LogP contribution in [0, 0.1) is 17.1 Å². The van der Waals surface area contributed by atoms with Crippen LogP contribution in [-0.2, 0) is 9.53 Å². The van der Waals surface area contributed by atoms with E-state index in [1.165, 1.54) is 13.2 Å². The maximum absolute atomic E-state index is 14.3. The lowest BCUT2D eigenvalue weighted by atomic mass is 9.93. The molecular weight excluding hydrogens is 368 g/mol. The Morgan fingerprint density at radius 2 is 1.76 bits per heavy atom. The van der Waals surface area contributed by atoms with Crippen molar-refractivity contribution in [2.45, 2.75) is 19.9 Å². The largest absolute Gasteiger partial charge is 0.468 e. The van der Waals surface area contributed by atoms with E-state index in [1.54, 1.807) is 24.3 Å². The monoisotopic (exact) mass is 393 g/mol. The molecule has 150 valence electrons. The number of piperazine rings is 1. The maximum Gasteiger partial charge on any atom is 0.327 e. The van der Waals surface area contributed by atoms with Crippen LogP contribution in [0.15, 0.2) is 42.5 Å². The second-order valence-corrected chi connectivity index (χ2v) is 6.39. The molecule has 2 aromatic rings. The van der Waals surface area contributed by atoms with Gasteiger partial charge < -0.3 is 9.64 Å². The van der Waals surface area contributed by atoms with Gasteiger partial charge in [0.2, 0.25) is 0 Å². The van der Waals surface area contributed by atoms with Crippen LogP contribution in [0.5, 0.6) is 0 Å². The van der Waals surface area contributed by atoms with Crippen molar-refractivity contribution in [1.82, 2.24) is 4.90 Å². The molecule has 0 spiro atoms. The van der Waals surface area contributed by atoms with Crippen LogP contribution in [-0.4, -0.2) is 52.0 Å². The fourth-order valence-electron chi connectivity index (χ4n) is 3.34. The zero-order valence-electron chi connectivity index (χ0n) is 17.1. The van der Waals surface area contributed by atoms with E-state index in [0.717, 1.165) is 5.56 Å². The van der Waals surface area contributed by atoms with Crippen molar-refractivity contribution in [2.75, 3.05) is 38.2 Å². The Balaban J connectivity index is 0.00000145. The first-order valence-corrected chi connectivity index (χ1v) is 9.65. The molecule has 1 heterocycles. The molecule has 1 fully saturated rings. The SMILES string of the molecule is CC.[B]c1ccc(C(C(=O)OC)N2CCN(c3ccc(C#N)cc3F)CC2)cc1. The van der Waals surface area contributed by atoms with Gasteiger partial charge in [-0.25, -0.2) is 9.18 Å². The van der Waals surface area contributed by atoms with Crippen LogP contribution in [0.25, 0.3) is 0 Å². The van der Waals surface area contributed by atoms with Crippen LogP contribution in [0.3, 0.4) is 0 Å². The summed E-state index contributed by atoms with van der Waals surface area (Å²) in [6.07, 6.45) is 0. The minimum Gasteiger partial charge on any atom is -0.468 e. The zero-order chi connectivity index (χ0) is 21.4. The Labute approximate surface area is 173 Å². The first-order valence-electron chi connectivity index (χ1n) is 9.65. The van der Waals surface area contributed by atoms with E-state index in [0.29, 0.717) is 42.9 Å². The molecule has 0 saturated carbocycles. The standard InChI is InChI=1S/C20H19BFN3O2.C2H6/c1-27-20(26)19(15-3-5-16(21)6-4-15)25-10-8-24(9-11-25)18-7-2-14(13-23)12-17(18)22;1-2/h2-7,12,19H,8-11H2,1H3;1-2H3. The second kappa shape index (κ2) is 10.6. The summed E-state index contributed by atoms with van der Waals surface area (Å²) >= 11 is 0. The van der Waals surface area contributed by atoms with Gasteiger partial charge in [0, 0.05) is 26.2 Å². The summed E-state index contributed by atoms with van der Waals surface area (Å²) in [7, 11) is 7.11. The molecule has 1 unspecified atom stereocenters. The van der Waals surface area contributed by atoms with Gasteiger partial charge in [0.25, 0.3) is 0 Å². The molecule has 2 radical (unpaired) electrons. The second-order valence-electron chi connectivity index (χ2n) is 6.39. The minimum atomic E-state index is -0.524. The Hall–Kier alpha value is -2.85. The highest BCUT2D eigenvalue weighted by molar-refractivity contribution is 6.32. The normalized spacial score (nSPS) is 14.9. The summed E-state index contributed by atoms with van der Waals surface area (Å²) in [5, 5.41) is 8.87. The van der Waals surface area contributed by atoms with Gasteiger partial charge in [0.1, 0.15) is 19.7 Å². The zero-order valence-corrected chi connectivity index (χ0v) is 17.1. The molecule has 1 aliphatic heterocycles. The predicted octanol–water partition coefficient (Wildman–Crippen LogP) is 2.55. The Morgan fingerprint density at radius 3 is 2.28 bits per heavy atom. The van der Waals surface area contributed by atoms with Crippen LogP contribution in [0.2, 0.25) is 0 Å². The average Bonchev–Trinajstić information content (AvgIpc) is 2.77. The summed E-state index contributed by atoms with van der Waals surface area (Å²) in [6, 6.07) is 13.0. The number of benzene rings is 2. The number of anilines is 1. The van der Waals surface area contributed by atoms with Crippen LogP contribution in [0.1, 0.15) is 31.0 Å². The Bertz CT molecular complexity index is 859. The summed E-state index contributed by atoms with van der Waals surface area (Å²) in [4.78, 5) is 16.3. The van der Waals surface area contributed by atoms with Gasteiger partial charge >= 0.3 is 5.97 Å². The van der Waals surface area contributed by atoms with Gasteiger partial charge in [0.05, 0.1) is 24.4 Å². The lowest BCUT2D eigenvalue weighted by Gasteiger charge is -2.39. The number of nitriles is 1. The van der Waals surface area contributed by atoms with Crippen LogP contribution >= 0.6 is 0 Å². The van der Waals surface area contributed by atoms with E-state index in [-0.39, 0.29) is 5.97 Å². The Morgan fingerprint density at radius 1 is 1.14 bits per heavy atom. The highest BCUT2D eigenvalue weighted by Crippen LogP contribution is 2.26. The van der Waals surface area contributed by atoms with Gasteiger partial charge in [-0.15, -0.1) is 0 Å². The van der Waals surface area contributed by atoms with Crippen LogP contribution < -0.4 is 10.4 Å². The lowest BCUT2D eigenvalue weighted by molar-refractivity contribution is -0.147. The molecule has 1 saturated heterocycles. The van der Waals surface area contributed by atoms with Gasteiger partial charge in [0.15, 0.2) is 0 Å². The van der Waals surface area contributed by atoms with Crippen molar-refractivity contribution in [3.05, 3.63) is 59.4 Å². The fourth-order valence-corrected chi connectivity index (χ4v) is 3.34. The molecule has 7 heteroatoms. The first-order chi connectivity index (χ1) is 14.0. The van der Waals surface area contributed by atoms with E-state index in [2.05, 4.69) is 0 Å². The van der Waals surface area contributed by atoms with Crippen LogP contribution in [0.4, 0.5) is 10.1 Å². The van der Waals surface area contributed by atoms with E-state index >= 15 is 0 Å². The molecular formula is C22H25BFN3O2. The number of carbonyl (C=O) groups is 1. The fraction of sp³-hybridized carbons (Fsp3) is 0.364. The minimum absolute atomic E-state index is 0.295. The summed E-state index contributed by atoms with van der Waals surface area (Å²) in [5.41, 5.74) is 2.21. The quantitative estimate of drug-likeness (QED) is 0.591. The van der Waals surface area contributed by atoms with Gasteiger partial charge in [-0.05, 0) is 23.8 Å². The van der Waals surface area contributed by atoms with Crippen molar-refractivity contribution < 1.29 is 13.9 Å². The molecule has 5 nitrogen and oxygen atoms in total. The summed E-state index contributed by atoms with van der Waals surface area (Å²) in [5.74, 6) is -0.747. The van der Waals surface area contributed by atoms with Crippen molar-refractivity contribution in [2.24, 2.45) is 0 Å². The lowest BCUT2D eigenvalue weighted by Crippen LogP contribution is -2.49. The van der Waals surface area contributed by atoms with Crippen molar-refractivity contribution in [3.63, 3.8) is 0 Å². The Kier molecular flexibility index (Phi) is 8.23. The highest BCUT2D eigenvalue weighted by atomic mass is 19.1. The van der Waals surface area contributed by atoms with E-state index in [1.807, 2.05) is 41.8 Å². The van der Waals surface area contributed by atoms with Gasteiger partial charge in [-0.3, -0.25) is 4.90 Å². The van der Waals surface area contributed by atoms with E-state index < -0.39 is 11.9 Å². The number of rotatable bonds is 4. The number of nitrogens with zero attached hydrogens (tertiary/aromatic N) is 3. The molecule has 0 amide bonds. The molecule has 0 N–H and O–H groups in total. The predicted molar refractivity (Wildman–Crippen MR) is 113 cm³/mol. The molecule has 0 aromatic heterocycles. The third-order valence-corrected chi connectivity index (χ3v) is 4.77. The highest BCUT2D eigenvalue weighted by Gasteiger charge is 2.31. The number of hydrogen-bond donors (Lipinski definition) is 0. The number of methoxy groups -OCH3 is 1. The first kappa shape index (κ1) is 22.4. The van der Waals surface area contributed by atoms with Crippen molar-refractivity contribution >= 4 is 25.0 Å². The van der Waals surface area contributed by atoms with Gasteiger partial charge in [-0.1, -0.05) is 43.6 Å². The molecule has 29 heavy (non-hydrogen) atoms. The maximum atomic E-state index is 14.3. The number of hydrogen-bond acceptors (Lipinski definition) is 5. The molecule has 2 aromatic carbocycles. The molecule has 1 aliphatic rings. The number of carbonyl (C=O) groups excluding carboxylic acids is 1. The van der Waals surface area contributed by atoms with E-state index in [9.17, 15) is 9.18 Å². The molecule has 3 rings (SSSR count). The molecule has 0 bridgehead atoms. The van der Waals surface area contributed by atoms with Gasteiger partial charge in [-0.2, -0.15) is 5.26 Å². The van der Waals surface area contributed by atoms with E-state index in [4.69, 9.17) is 17.8 Å². The summed E-state index contributed by atoms with van der Waals surface area (Å²) < 4.78 is 19.3. The summed E-state index contributed by atoms with van der Waals surface area (Å²) in [6.45, 7) is 6.27. The average molecular weight is 393 g/mol. The third-order valence-electron chi connectivity index (χ3n) is 4.77. The molecule has 0 aliphatic carbocycles. The molecule has 1 atom stereocenters. The van der Waals surface area contributed by atoms with Crippen molar-refractivity contribution in [1.29, 1.82) is 5.26 Å². The number of ether oxygens (including phenoxy) is 1. The van der Waals surface area contributed by atoms with Crippen molar-refractivity contribution in [3.8, 4) is 6.07 Å². The topological polar surface area (TPSA) is 56.6 Å².